The van der Waals surface area contributed by atoms with Crippen LogP contribution in [0.5, 0.6) is 17.2 Å². The molecule has 38 heavy (non-hydrogen) atoms. The maximum absolute atomic E-state index is 11.8. The zero-order valence-electron chi connectivity index (χ0n) is 21.5. The lowest BCUT2D eigenvalue weighted by Gasteiger charge is -2.12. The van der Waals surface area contributed by atoms with Crippen LogP contribution in [-0.2, 0) is 4.79 Å². The molecule has 0 aliphatic carbocycles. The van der Waals surface area contributed by atoms with Gasteiger partial charge in [-0.2, -0.15) is 0 Å². The summed E-state index contributed by atoms with van der Waals surface area (Å²) in [6.07, 6.45) is 3.98. The summed E-state index contributed by atoms with van der Waals surface area (Å²) in [5.41, 5.74) is 6.75. The number of carbonyl (C=O) groups excluding carboxylic acids is 2. The Bertz CT molecular complexity index is 1630. The Hall–Kier alpha value is -4.91. The number of esters is 1. The van der Waals surface area contributed by atoms with E-state index in [1.54, 1.807) is 33.3 Å². The Labute approximate surface area is 220 Å². The van der Waals surface area contributed by atoms with Crippen molar-refractivity contribution in [1.82, 2.24) is 9.38 Å². The molecule has 7 nitrogen and oxygen atoms in total. The van der Waals surface area contributed by atoms with E-state index in [0.29, 0.717) is 22.8 Å². The summed E-state index contributed by atoms with van der Waals surface area (Å²) >= 11 is 0. The molecule has 0 amide bonds. The van der Waals surface area contributed by atoms with Gasteiger partial charge in [0.25, 0.3) is 0 Å². The Morgan fingerprint density at radius 2 is 1.32 bits per heavy atom. The first-order valence-corrected chi connectivity index (χ1v) is 12.0. The number of nitrogens with zero attached hydrogens (tertiary/aromatic N) is 2. The molecule has 190 valence electrons. The number of benzene rings is 3. The number of methoxy groups -OCH3 is 2. The molecule has 0 atom stereocenters. The number of carbonyl (C=O) groups is 2. The number of hydrogen-bond acceptors (Lipinski definition) is 6. The van der Waals surface area contributed by atoms with E-state index in [1.807, 2.05) is 71.4 Å². The van der Waals surface area contributed by atoms with Gasteiger partial charge in [-0.15, -0.1) is 0 Å². The first-order chi connectivity index (χ1) is 18.3. The van der Waals surface area contributed by atoms with Crippen LogP contribution in [0.3, 0.4) is 0 Å². The minimum Gasteiger partial charge on any atom is -0.497 e. The summed E-state index contributed by atoms with van der Waals surface area (Å²) in [5.74, 6) is 1.49. The number of pyridine rings is 1. The van der Waals surface area contributed by atoms with Crippen molar-refractivity contribution in [3.63, 3.8) is 0 Å². The molecule has 0 spiro atoms. The zero-order valence-corrected chi connectivity index (χ0v) is 21.5. The summed E-state index contributed by atoms with van der Waals surface area (Å²) in [6.45, 7) is 2.92. The van der Waals surface area contributed by atoms with Crippen molar-refractivity contribution >= 4 is 17.4 Å². The monoisotopic (exact) mass is 506 g/mol. The summed E-state index contributed by atoms with van der Waals surface area (Å²) in [5, 5.41) is 0. The molecule has 0 aliphatic heterocycles. The van der Waals surface area contributed by atoms with Crippen molar-refractivity contribution in [2.75, 3.05) is 14.2 Å². The zero-order chi connectivity index (χ0) is 26.8. The van der Waals surface area contributed by atoms with Crippen LogP contribution in [0.4, 0.5) is 0 Å². The van der Waals surface area contributed by atoms with Gasteiger partial charge in [-0.3, -0.25) is 9.59 Å². The highest BCUT2D eigenvalue weighted by atomic mass is 16.5. The predicted molar refractivity (Wildman–Crippen MR) is 146 cm³/mol. The molecule has 2 aromatic heterocycles. The third-order valence-electron chi connectivity index (χ3n) is 6.25. The molecule has 5 aromatic rings. The molecule has 0 fully saturated rings. The lowest BCUT2D eigenvalue weighted by molar-refractivity contribution is -0.131. The molecule has 0 N–H and O–H groups in total. The molecule has 0 bridgehead atoms. The normalized spacial score (nSPS) is 10.8. The molecule has 0 saturated carbocycles. The number of rotatable bonds is 7. The first-order valence-electron chi connectivity index (χ1n) is 12.0. The summed E-state index contributed by atoms with van der Waals surface area (Å²) in [6, 6.07) is 22.6. The number of fused-ring (bicyclic) bond motifs is 1. The maximum Gasteiger partial charge on any atom is 0.308 e. The van der Waals surface area contributed by atoms with Crippen LogP contribution in [0.2, 0.25) is 0 Å². The van der Waals surface area contributed by atoms with Gasteiger partial charge < -0.3 is 18.6 Å². The third-order valence-corrected chi connectivity index (χ3v) is 6.25. The molecule has 3 aromatic carbocycles. The highest BCUT2D eigenvalue weighted by Crippen LogP contribution is 2.35. The SMILES string of the molecule is COc1cc(OC)cc(-c2cc(-c3ccc(C(C)=O)cc3)c3nc(-c4ccc(OC(C)=O)cc4)cn3c2)c1. The average molecular weight is 507 g/mol. The lowest BCUT2D eigenvalue weighted by Crippen LogP contribution is -2.00. The quantitative estimate of drug-likeness (QED) is 0.143. The van der Waals surface area contributed by atoms with Crippen LogP contribution >= 0.6 is 0 Å². The number of imidazole rings is 1. The van der Waals surface area contributed by atoms with E-state index in [0.717, 1.165) is 39.2 Å². The number of aromatic nitrogens is 2. The second-order valence-electron chi connectivity index (χ2n) is 8.85. The van der Waals surface area contributed by atoms with E-state index >= 15 is 0 Å². The van der Waals surface area contributed by atoms with Crippen LogP contribution in [0.15, 0.2) is 85.2 Å². The Morgan fingerprint density at radius 1 is 0.684 bits per heavy atom. The van der Waals surface area contributed by atoms with Gasteiger partial charge in [0.05, 0.1) is 19.9 Å². The maximum atomic E-state index is 11.8. The fraction of sp³-hybridized carbons (Fsp3) is 0.129. The van der Waals surface area contributed by atoms with Crippen LogP contribution in [-0.4, -0.2) is 35.4 Å². The molecule has 2 heterocycles. The van der Waals surface area contributed by atoms with Gasteiger partial charge in [-0.1, -0.05) is 24.3 Å². The number of ketones is 1. The van der Waals surface area contributed by atoms with Gasteiger partial charge in [0.1, 0.15) is 22.9 Å². The van der Waals surface area contributed by atoms with Crippen LogP contribution < -0.4 is 14.2 Å². The molecular formula is C31H26N2O5. The minimum absolute atomic E-state index is 0.0132. The van der Waals surface area contributed by atoms with Gasteiger partial charge in [0.2, 0.25) is 0 Å². The molecule has 5 rings (SSSR count). The van der Waals surface area contributed by atoms with Crippen molar-refractivity contribution < 1.29 is 23.8 Å². The average Bonchev–Trinajstić information content (AvgIpc) is 3.36. The van der Waals surface area contributed by atoms with Crippen molar-refractivity contribution in [3.05, 3.63) is 90.8 Å². The molecular weight excluding hydrogens is 480 g/mol. The number of Topliss-reactive ketones (excluding diaryl/α,β-unsaturated/α-hetero) is 1. The van der Waals surface area contributed by atoms with Crippen molar-refractivity contribution in [1.29, 1.82) is 0 Å². The van der Waals surface area contributed by atoms with E-state index in [-0.39, 0.29) is 11.8 Å². The van der Waals surface area contributed by atoms with Crippen LogP contribution in [0.1, 0.15) is 24.2 Å². The number of ether oxygens (including phenoxy) is 3. The van der Waals surface area contributed by atoms with Gasteiger partial charge >= 0.3 is 5.97 Å². The highest BCUT2D eigenvalue weighted by Gasteiger charge is 2.15. The van der Waals surface area contributed by atoms with Crippen LogP contribution in [0.25, 0.3) is 39.2 Å². The topological polar surface area (TPSA) is 79.1 Å². The van der Waals surface area contributed by atoms with Gasteiger partial charge in [0.15, 0.2) is 5.78 Å². The standard InChI is InChI=1S/C31H26N2O5/c1-19(34)21-5-7-22(8-6-21)29-15-25(24-13-27(36-3)16-28(14-24)37-4)17-33-18-30(32-31(29)33)23-9-11-26(12-10-23)38-20(2)35/h5-18H,1-4H3. The Kier molecular flexibility index (Phi) is 6.66. The van der Waals surface area contributed by atoms with Gasteiger partial charge in [-0.05, 0) is 66.1 Å². The Morgan fingerprint density at radius 3 is 1.89 bits per heavy atom. The minimum atomic E-state index is -0.368. The summed E-state index contributed by atoms with van der Waals surface area (Å²) < 4.78 is 18.1. The second-order valence-corrected chi connectivity index (χ2v) is 8.85. The third kappa shape index (κ3) is 4.99. The van der Waals surface area contributed by atoms with Crippen molar-refractivity contribution in [2.45, 2.75) is 13.8 Å². The second kappa shape index (κ2) is 10.2. The predicted octanol–water partition coefficient (Wildman–Crippen LogP) is 6.48. The fourth-order valence-electron chi connectivity index (χ4n) is 4.33. The number of hydrogen-bond donors (Lipinski definition) is 0. The van der Waals surface area contributed by atoms with Crippen molar-refractivity contribution in [2.24, 2.45) is 0 Å². The van der Waals surface area contributed by atoms with Crippen LogP contribution in [0, 0.1) is 0 Å². The smallest absolute Gasteiger partial charge is 0.308 e. The van der Waals surface area contributed by atoms with E-state index in [9.17, 15) is 9.59 Å². The lowest BCUT2D eigenvalue weighted by atomic mass is 9.99. The van der Waals surface area contributed by atoms with E-state index < -0.39 is 0 Å². The van der Waals surface area contributed by atoms with E-state index in [2.05, 4.69) is 6.07 Å². The van der Waals surface area contributed by atoms with Gasteiger partial charge in [0, 0.05) is 42.1 Å². The largest absolute Gasteiger partial charge is 0.497 e. The van der Waals surface area contributed by atoms with Crippen molar-refractivity contribution in [3.8, 4) is 50.8 Å². The highest BCUT2D eigenvalue weighted by molar-refractivity contribution is 5.95. The molecule has 0 aliphatic rings. The molecule has 0 saturated heterocycles. The summed E-state index contributed by atoms with van der Waals surface area (Å²) in [4.78, 5) is 28.1. The molecule has 7 heteroatoms. The molecule has 0 unspecified atom stereocenters. The van der Waals surface area contributed by atoms with Gasteiger partial charge in [-0.25, -0.2) is 4.98 Å². The summed E-state index contributed by atoms with van der Waals surface area (Å²) in [7, 11) is 3.25. The molecule has 0 radical (unpaired) electrons. The van der Waals surface area contributed by atoms with E-state index in [4.69, 9.17) is 19.2 Å². The van der Waals surface area contributed by atoms with E-state index in [1.165, 1.54) is 6.92 Å². The fourth-order valence-corrected chi connectivity index (χ4v) is 4.33. The first kappa shape index (κ1) is 24.8. The Balaban J connectivity index is 1.68.